The van der Waals surface area contributed by atoms with Crippen molar-refractivity contribution >= 4 is 9.05 Å². The van der Waals surface area contributed by atoms with Crippen molar-refractivity contribution in [3.05, 3.63) is 0 Å². The molecule has 0 N–H and O–H groups in total. The second-order valence-corrected chi connectivity index (χ2v) is 5.03. The van der Waals surface area contributed by atoms with Crippen molar-refractivity contribution < 1.29 is 17.7 Å². The Labute approximate surface area is 66.9 Å². The van der Waals surface area contributed by atoms with Crippen LogP contribution < -0.4 is 0 Å². The summed E-state index contributed by atoms with van der Waals surface area (Å²) >= 11 is 0. The van der Waals surface area contributed by atoms with Gasteiger partial charge in [0.05, 0.1) is 25.4 Å². The highest BCUT2D eigenvalue weighted by molar-refractivity contribution is 6.54. The Morgan fingerprint density at radius 1 is 1.00 bits per heavy atom. The average molecular weight is 176 g/mol. The molecule has 0 bridgehead atoms. The minimum atomic E-state index is -2.60. The molecule has 2 rings (SSSR count). The lowest BCUT2D eigenvalue weighted by molar-refractivity contribution is 0.0832. The van der Waals surface area contributed by atoms with Crippen LogP contribution in [0.15, 0.2) is 0 Å². The van der Waals surface area contributed by atoms with Gasteiger partial charge in [0.25, 0.3) is 0 Å². The molecule has 0 aliphatic carbocycles. The largest absolute Gasteiger partial charge is 0.680 e. The zero-order chi connectivity index (χ0) is 7.90. The first-order valence-corrected chi connectivity index (χ1v) is 5.47. The van der Waals surface area contributed by atoms with Gasteiger partial charge in [0, 0.05) is 0 Å². The predicted octanol–water partition coefficient (Wildman–Crippen LogP) is 0.293. The van der Waals surface area contributed by atoms with Crippen LogP contribution >= 0.6 is 0 Å². The quantitative estimate of drug-likeness (QED) is 0.497. The van der Waals surface area contributed by atoms with Crippen LogP contribution in [-0.2, 0) is 17.7 Å². The van der Waals surface area contributed by atoms with E-state index in [4.69, 9.17) is 17.7 Å². The van der Waals surface area contributed by atoms with Gasteiger partial charge in [0.1, 0.15) is 0 Å². The molecule has 64 valence electrons. The van der Waals surface area contributed by atoms with Crippen molar-refractivity contribution in [3.63, 3.8) is 0 Å². The van der Waals surface area contributed by atoms with E-state index in [1.165, 1.54) is 0 Å². The molecule has 2 heterocycles. The summed E-state index contributed by atoms with van der Waals surface area (Å²) in [5, 5.41) is 0. The standard InChI is InChI=1S/C6H12O4Si/c1-5-3-7-11(9-5)8-4-6(2)10-11/h5-6H,3-4H2,1-2H3. The molecule has 0 aromatic rings. The van der Waals surface area contributed by atoms with Gasteiger partial charge in [-0.15, -0.1) is 0 Å². The highest BCUT2D eigenvalue weighted by atomic mass is 28.4. The van der Waals surface area contributed by atoms with Crippen LogP contribution in [0.3, 0.4) is 0 Å². The zero-order valence-electron chi connectivity index (χ0n) is 6.70. The topological polar surface area (TPSA) is 36.9 Å². The maximum atomic E-state index is 5.45. The van der Waals surface area contributed by atoms with Crippen molar-refractivity contribution in [1.29, 1.82) is 0 Å². The third-order valence-corrected chi connectivity index (χ3v) is 4.10. The van der Waals surface area contributed by atoms with Gasteiger partial charge in [-0.3, -0.25) is 0 Å². The van der Waals surface area contributed by atoms with Gasteiger partial charge in [-0.2, -0.15) is 0 Å². The summed E-state index contributed by atoms with van der Waals surface area (Å²) in [5.74, 6) is 0. The van der Waals surface area contributed by atoms with Gasteiger partial charge in [-0.05, 0) is 13.8 Å². The summed E-state index contributed by atoms with van der Waals surface area (Å²) in [7, 11) is -2.60. The van der Waals surface area contributed by atoms with E-state index < -0.39 is 9.05 Å². The van der Waals surface area contributed by atoms with E-state index in [-0.39, 0.29) is 12.2 Å². The van der Waals surface area contributed by atoms with Crippen molar-refractivity contribution in [3.8, 4) is 0 Å². The molecule has 0 radical (unpaired) electrons. The second kappa shape index (κ2) is 2.53. The van der Waals surface area contributed by atoms with E-state index in [1.807, 2.05) is 13.8 Å². The van der Waals surface area contributed by atoms with Crippen LogP contribution in [0.1, 0.15) is 13.8 Å². The van der Waals surface area contributed by atoms with E-state index in [2.05, 4.69) is 0 Å². The molecule has 2 fully saturated rings. The van der Waals surface area contributed by atoms with Gasteiger partial charge < -0.3 is 17.7 Å². The first-order valence-electron chi connectivity index (χ1n) is 3.84. The summed E-state index contributed by atoms with van der Waals surface area (Å²) in [6.07, 6.45) is 0.235. The Morgan fingerprint density at radius 2 is 1.45 bits per heavy atom. The van der Waals surface area contributed by atoms with Crippen LogP contribution in [-0.4, -0.2) is 34.5 Å². The third-order valence-electron chi connectivity index (χ3n) is 1.68. The Morgan fingerprint density at radius 3 is 1.73 bits per heavy atom. The fraction of sp³-hybridized carbons (Fsp3) is 1.00. The Kier molecular flexibility index (Phi) is 1.77. The smallest absolute Gasteiger partial charge is 0.349 e. The number of hydrogen-bond donors (Lipinski definition) is 0. The lowest BCUT2D eigenvalue weighted by Crippen LogP contribution is -2.39. The molecular weight excluding hydrogens is 164 g/mol. The van der Waals surface area contributed by atoms with Gasteiger partial charge in [-0.25, -0.2) is 0 Å². The van der Waals surface area contributed by atoms with E-state index in [9.17, 15) is 0 Å². The van der Waals surface area contributed by atoms with Gasteiger partial charge >= 0.3 is 9.05 Å². The molecule has 0 saturated carbocycles. The molecule has 0 amide bonds. The van der Waals surface area contributed by atoms with Gasteiger partial charge in [0.15, 0.2) is 0 Å². The van der Waals surface area contributed by atoms with E-state index in [0.717, 1.165) is 0 Å². The van der Waals surface area contributed by atoms with E-state index in [1.54, 1.807) is 0 Å². The third kappa shape index (κ3) is 1.34. The van der Waals surface area contributed by atoms with Crippen LogP contribution in [0.2, 0.25) is 0 Å². The Balaban J connectivity index is 2.02. The molecule has 2 aliphatic heterocycles. The number of hydrogen-bond acceptors (Lipinski definition) is 4. The van der Waals surface area contributed by atoms with Gasteiger partial charge in [0.2, 0.25) is 0 Å². The van der Waals surface area contributed by atoms with Crippen molar-refractivity contribution in [2.45, 2.75) is 26.1 Å². The van der Waals surface area contributed by atoms with Crippen molar-refractivity contribution in [2.75, 3.05) is 13.2 Å². The molecule has 2 aliphatic rings. The average Bonchev–Trinajstić information content (AvgIpc) is 2.44. The van der Waals surface area contributed by atoms with Crippen LogP contribution in [0.25, 0.3) is 0 Å². The van der Waals surface area contributed by atoms with Crippen LogP contribution in [0.5, 0.6) is 0 Å². The summed E-state index contributed by atoms with van der Waals surface area (Å²) < 4.78 is 21.6. The maximum Gasteiger partial charge on any atom is 0.680 e. The lowest BCUT2D eigenvalue weighted by Gasteiger charge is -2.13. The molecule has 2 saturated heterocycles. The van der Waals surface area contributed by atoms with Crippen LogP contribution in [0, 0.1) is 0 Å². The summed E-state index contributed by atoms with van der Waals surface area (Å²) in [5.41, 5.74) is 0. The fourth-order valence-corrected chi connectivity index (χ4v) is 3.62. The van der Waals surface area contributed by atoms with Crippen LogP contribution in [0.4, 0.5) is 0 Å². The number of rotatable bonds is 0. The Hall–Kier alpha value is 0.0569. The molecule has 2 unspecified atom stereocenters. The van der Waals surface area contributed by atoms with E-state index >= 15 is 0 Å². The summed E-state index contributed by atoms with van der Waals surface area (Å²) in [6, 6.07) is 0. The Bertz CT molecular complexity index is 145. The molecular formula is C6H12O4Si. The summed E-state index contributed by atoms with van der Waals surface area (Å²) in [4.78, 5) is 0. The summed E-state index contributed by atoms with van der Waals surface area (Å²) in [6.45, 7) is 5.10. The maximum absolute atomic E-state index is 5.45. The molecule has 0 aromatic carbocycles. The lowest BCUT2D eigenvalue weighted by atomic mass is 10.5. The first-order chi connectivity index (χ1) is 5.20. The van der Waals surface area contributed by atoms with Crippen molar-refractivity contribution in [2.24, 2.45) is 0 Å². The highest BCUT2D eigenvalue weighted by Crippen LogP contribution is 2.27. The zero-order valence-corrected chi connectivity index (χ0v) is 7.70. The molecule has 11 heavy (non-hydrogen) atoms. The molecule has 4 nitrogen and oxygen atoms in total. The monoisotopic (exact) mass is 176 g/mol. The highest BCUT2D eigenvalue weighted by Gasteiger charge is 2.56. The predicted molar refractivity (Wildman–Crippen MR) is 38.8 cm³/mol. The minimum Gasteiger partial charge on any atom is -0.349 e. The van der Waals surface area contributed by atoms with Crippen molar-refractivity contribution in [1.82, 2.24) is 0 Å². The molecule has 0 aromatic heterocycles. The molecule has 1 spiro atoms. The molecule has 2 atom stereocenters. The SMILES string of the molecule is CC1CO[Si]2(OCC(C)O2)O1. The minimum absolute atomic E-state index is 0.118. The second-order valence-electron chi connectivity index (χ2n) is 2.98. The first kappa shape index (κ1) is 7.69. The van der Waals surface area contributed by atoms with Gasteiger partial charge in [-0.1, -0.05) is 0 Å². The normalized spacial score (nSPS) is 50.7. The fourth-order valence-electron chi connectivity index (χ4n) is 1.21. The van der Waals surface area contributed by atoms with E-state index in [0.29, 0.717) is 13.2 Å². The molecule has 5 heteroatoms.